The van der Waals surface area contributed by atoms with Gasteiger partial charge in [0.25, 0.3) is 0 Å². The molecule has 1 N–H and O–H groups in total. The Balaban J connectivity index is 0.000000457. The van der Waals surface area contributed by atoms with E-state index < -0.39 is 0 Å². The maximum absolute atomic E-state index is 10.6. The Bertz CT molecular complexity index is 198. The Morgan fingerprint density at radius 1 is 0.625 bits per heavy atom. The molecule has 16 heavy (non-hydrogen) atoms. The highest BCUT2D eigenvalue weighted by Crippen LogP contribution is 2.70. The molecule has 0 heterocycles. The van der Waals surface area contributed by atoms with Crippen molar-refractivity contribution < 1.29 is 5.11 Å². The summed E-state index contributed by atoms with van der Waals surface area (Å²) in [4.78, 5) is 0. The van der Waals surface area contributed by atoms with Gasteiger partial charge in [0.05, 0.1) is 5.60 Å². The molecule has 0 aromatic rings. The van der Waals surface area contributed by atoms with Gasteiger partial charge in [0.2, 0.25) is 0 Å². The second kappa shape index (κ2) is 3.25. The van der Waals surface area contributed by atoms with E-state index in [9.17, 15) is 5.11 Å². The van der Waals surface area contributed by atoms with Crippen molar-refractivity contribution in [1.82, 2.24) is 0 Å². The first-order valence-corrected chi connectivity index (χ1v) is 6.97. The lowest BCUT2D eigenvalue weighted by molar-refractivity contribution is -0.219. The van der Waals surface area contributed by atoms with Crippen molar-refractivity contribution in [2.75, 3.05) is 0 Å². The topological polar surface area (TPSA) is 20.2 Å². The number of aliphatic hydroxyl groups is 1. The molecule has 0 aromatic carbocycles. The molecule has 0 spiro atoms. The zero-order valence-corrected chi connectivity index (χ0v) is 11.7. The fraction of sp³-hybridized carbons (Fsp3) is 1.00. The monoisotopic (exact) mass is 224 g/mol. The van der Waals surface area contributed by atoms with E-state index in [2.05, 4.69) is 20.8 Å². The van der Waals surface area contributed by atoms with Crippen LogP contribution in [0.15, 0.2) is 0 Å². The van der Waals surface area contributed by atoms with Gasteiger partial charge in [0.15, 0.2) is 0 Å². The Kier molecular flexibility index (Phi) is 2.52. The summed E-state index contributed by atoms with van der Waals surface area (Å²) in [5, 5.41) is 10.6. The lowest BCUT2D eigenvalue weighted by Gasteiger charge is -2.67. The second-order valence-electron chi connectivity index (χ2n) is 7.72. The van der Waals surface area contributed by atoms with Gasteiger partial charge in [-0.3, -0.25) is 0 Å². The zero-order valence-electron chi connectivity index (χ0n) is 11.7. The van der Waals surface area contributed by atoms with E-state index in [0.29, 0.717) is 16.2 Å². The number of hydrogen-bond donors (Lipinski definition) is 1. The van der Waals surface area contributed by atoms with Crippen molar-refractivity contribution in [2.24, 2.45) is 16.2 Å². The molecule has 0 atom stereocenters. The van der Waals surface area contributed by atoms with Crippen LogP contribution in [0, 0.1) is 16.2 Å². The van der Waals surface area contributed by atoms with Gasteiger partial charge in [0, 0.05) is 0 Å². The van der Waals surface area contributed by atoms with Crippen LogP contribution in [0.1, 0.15) is 73.1 Å². The maximum atomic E-state index is 10.6. The molecule has 1 heteroatoms. The van der Waals surface area contributed by atoms with Crippen LogP contribution < -0.4 is 0 Å². The summed E-state index contributed by atoms with van der Waals surface area (Å²) in [5.74, 6) is 0. The minimum atomic E-state index is -0.312. The standard InChI is InChI=1S/C13H22O.C2H6/c1-10-4-11(2)6-12(3,5-10)9-13(14,7-10)8-11;1-2/h14H,4-9H2,1-3H3;1-2H3. The smallest absolute Gasteiger partial charge is 0.0663 e. The van der Waals surface area contributed by atoms with E-state index in [1.54, 1.807) is 0 Å². The summed E-state index contributed by atoms with van der Waals surface area (Å²) in [6.07, 6.45) is 7.22. The fourth-order valence-corrected chi connectivity index (χ4v) is 6.22. The van der Waals surface area contributed by atoms with Crippen molar-refractivity contribution in [3.05, 3.63) is 0 Å². The molecule has 4 rings (SSSR count). The summed E-state index contributed by atoms with van der Waals surface area (Å²) < 4.78 is 0. The number of rotatable bonds is 0. The van der Waals surface area contributed by atoms with Crippen LogP contribution in [0.3, 0.4) is 0 Å². The molecular formula is C15H28O. The molecule has 94 valence electrons. The molecule has 0 amide bonds. The van der Waals surface area contributed by atoms with Gasteiger partial charge in [-0.2, -0.15) is 0 Å². The molecule has 4 saturated carbocycles. The average Bonchev–Trinajstić information content (AvgIpc) is 1.95. The second-order valence-corrected chi connectivity index (χ2v) is 7.72. The van der Waals surface area contributed by atoms with Gasteiger partial charge in [-0.25, -0.2) is 0 Å². The first-order valence-electron chi connectivity index (χ1n) is 6.97. The predicted molar refractivity (Wildman–Crippen MR) is 68.3 cm³/mol. The molecule has 4 bridgehead atoms. The summed E-state index contributed by atoms with van der Waals surface area (Å²) in [6.45, 7) is 11.2. The molecule has 0 saturated heterocycles. The minimum Gasteiger partial charge on any atom is -0.390 e. The third kappa shape index (κ3) is 1.81. The van der Waals surface area contributed by atoms with E-state index in [4.69, 9.17) is 0 Å². The van der Waals surface area contributed by atoms with E-state index in [-0.39, 0.29) is 5.60 Å². The Morgan fingerprint density at radius 3 is 1.06 bits per heavy atom. The van der Waals surface area contributed by atoms with Crippen LogP contribution in [-0.4, -0.2) is 10.7 Å². The van der Waals surface area contributed by atoms with Gasteiger partial charge in [0.1, 0.15) is 0 Å². The molecule has 4 fully saturated rings. The van der Waals surface area contributed by atoms with E-state index in [1.165, 1.54) is 19.3 Å². The normalized spacial score (nSPS) is 58.1. The Morgan fingerprint density at radius 2 is 0.875 bits per heavy atom. The average molecular weight is 224 g/mol. The quantitative estimate of drug-likeness (QED) is 0.655. The Labute approximate surface area is 101 Å². The minimum absolute atomic E-state index is 0.312. The van der Waals surface area contributed by atoms with Gasteiger partial charge < -0.3 is 5.11 Å². The van der Waals surface area contributed by atoms with Crippen molar-refractivity contribution in [2.45, 2.75) is 78.7 Å². The highest BCUT2D eigenvalue weighted by Gasteiger charge is 2.63. The Hall–Kier alpha value is -0.0400. The zero-order chi connectivity index (χ0) is 12.2. The summed E-state index contributed by atoms with van der Waals surface area (Å²) >= 11 is 0. The summed E-state index contributed by atoms with van der Waals surface area (Å²) in [6, 6.07) is 0. The van der Waals surface area contributed by atoms with Crippen molar-refractivity contribution >= 4 is 0 Å². The summed E-state index contributed by atoms with van der Waals surface area (Å²) in [5.41, 5.74) is 1.00. The van der Waals surface area contributed by atoms with Crippen LogP contribution in [0.4, 0.5) is 0 Å². The van der Waals surface area contributed by atoms with Gasteiger partial charge in [-0.05, 0) is 54.8 Å². The van der Waals surface area contributed by atoms with E-state index in [1.807, 2.05) is 13.8 Å². The molecule has 4 aliphatic rings. The van der Waals surface area contributed by atoms with Crippen LogP contribution in [0.2, 0.25) is 0 Å². The van der Waals surface area contributed by atoms with Crippen molar-refractivity contribution in [3.8, 4) is 0 Å². The molecule has 1 nitrogen and oxygen atoms in total. The van der Waals surface area contributed by atoms with E-state index in [0.717, 1.165) is 19.3 Å². The molecule has 4 aliphatic carbocycles. The lowest BCUT2D eigenvalue weighted by Crippen LogP contribution is -2.61. The van der Waals surface area contributed by atoms with Crippen molar-refractivity contribution in [3.63, 3.8) is 0 Å². The van der Waals surface area contributed by atoms with Crippen LogP contribution in [0.25, 0.3) is 0 Å². The van der Waals surface area contributed by atoms with Crippen LogP contribution in [-0.2, 0) is 0 Å². The van der Waals surface area contributed by atoms with Gasteiger partial charge in [-0.15, -0.1) is 0 Å². The molecule has 0 aliphatic heterocycles. The van der Waals surface area contributed by atoms with E-state index >= 15 is 0 Å². The summed E-state index contributed by atoms with van der Waals surface area (Å²) in [7, 11) is 0. The largest absolute Gasteiger partial charge is 0.390 e. The first-order chi connectivity index (χ1) is 7.24. The molecule has 0 unspecified atom stereocenters. The highest BCUT2D eigenvalue weighted by molar-refractivity contribution is 5.14. The molecule has 0 aromatic heterocycles. The van der Waals surface area contributed by atoms with Crippen LogP contribution >= 0.6 is 0 Å². The third-order valence-electron chi connectivity index (χ3n) is 4.83. The maximum Gasteiger partial charge on any atom is 0.0663 e. The lowest BCUT2D eigenvalue weighted by atomic mass is 9.39. The van der Waals surface area contributed by atoms with Gasteiger partial charge >= 0.3 is 0 Å². The van der Waals surface area contributed by atoms with Crippen molar-refractivity contribution in [1.29, 1.82) is 0 Å². The highest BCUT2D eigenvalue weighted by atomic mass is 16.3. The predicted octanol–water partition coefficient (Wildman–Crippen LogP) is 4.14. The fourth-order valence-electron chi connectivity index (χ4n) is 6.22. The first kappa shape index (κ1) is 12.4. The van der Waals surface area contributed by atoms with Crippen LogP contribution in [0.5, 0.6) is 0 Å². The molecule has 0 radical (unpaired) electrons. The number of hydrogen-bond acceptors (Lipinski definition) is 1. The SMILES string of the molecule is CC.CC12CC3(C)CC(C)(C1)CC(O)(C2)C3. The third-order valence-corrected chi connectivity index (χ3v) is 4.83. The molecular weight excluding hydrogens is 196 g/mol. The van der Waals surface area contributed by atoms with Gasteiger partial charge in [-0.1, -0.05) is 34.6 Å².